The van der Waals surface area contributed by atoms with E-state index >= 15 is 0 Å². The van der Waals surface area contributed by atoms with E-state index in [9.17, 15) is 14.0 Å². The smallest absolute Gasteiger partial charge is 0.326 e. The van der Waals surface area contributed by atoms with Crippen LogP contribution in [0.5, 0.6) is 0 Å². The molecule has 1 aromatic heterocycles. The quantitative estimate of drug-likeness (QED) is 0.779. The van der Waals surface area contributed by atoms with Crippen molar-refractivity contribution in [3.8, 4) is 0 Å². The number of halogens is 1. The molecule has 0 bridgehead atoms. The lowest BCUT2D eigenvalue weighted by molar-refractivity contribution is -0.140. The third-order valence-electron chi connectivity index (χ3n) is 2.77. The summed E-state index contributed by atoms with van der Waals surface area (Å²) in [5.74, 6) is -3.07. The summed E-state index contributed by atoms with van der Waals surface area (Å²) in [5, 5.41) is 11.3. The van der Waals surface area contributed by atoms with Crippen molar-refractivity contribution in [1.82, 2.24) is 10.3 Å². The number of amides is 1. The second-order valence-corrected chi connectivity index (χ2v) is 4.02. The number of pyridine rings is 1. The molecule has 0 saturated carbocycles. The van der Waals surface area contributed by atoms with E-state index in [2.05, 4.69) is 10.3 Å². The molecule has 18 heavy (non-hydrogen) atoms. The summed E-state index contributed by atoms with van der Waals surface area (Å²) in [4.78, 5) is 26.1. The van der Waals surface area contributed by atoms with Gasteiger partial charge < -0.3 is 10.4 Å². The number of aliphatic carboxylic acids is 1. The Morgan fingerprint density at radius 2 is 2.22 bits per heavy atom. The van der Waals surface area contributed by atoms with Gasteiger partial charge in [0.2, 0.25) is 5.95 Å². The molecule has 1 aromatic rings. The second-order valence-electron chi connectivity index (χ2n) is 4.02. The zero-order valence-corrected chi connectivity index (χ0v) is 10.2. The number of nitrogens with one attached hydrogen (secondary N) is 1. The molecule has 0 aromatic carbocycles. The summed E-state index contributed by atoms with van der Waals surface area (Å²) in [6.07, 6.45) is 1.81. The number of rotatable bonds is 5. The van der Waals surface area contributed by atoms with Crippen LogP contribution >= 0.6 is 0 Å². The monoisotopic (exact) mass is 254 g/mol. The van der Waals surface area contributed by atoms with Gasteiger partial charge in [0.05, 0.1) is 5.56 Å². The maximum Gasteiger partial charge on any atom is 0.326 e. The zero-order chi connectivity index (χ0) is 13.7. The number of carbonyl (C=O) groups is 2. The van der Waals surface area contributed by atoms with Gasteiger partial charge in [-0.2, -0.15) is 4.39 Å². The van der Waals surface area contributed by atoms with Crippen LogP contribution in [0.15, 0.2) is 18.3 Å². The van der Waals surface area contributed by atoms with Gasteiger partial charge in [-0.1, -0.05) is 20.3 Å². The van der Waals surface area contributed by atoms with E-state index < -0.39 is 23.9 Å². The van der Waals surface area contributed by atoms with Crippen molar-refractivity contribution in [3.63, 3.8) is 0 Å². The number of hydrogen-bond acceptors (Lipinski definition) is 3. The number of nitrogens with zero attached hydrogens (tertiary/aromatic N) is 1. The standard InChI is InChI=1S/C12H15FN2O3/c1-3-7(2)9(12(17)18)15-11(16)8-5-4-6-14-10(8)13/h4-7,9H,3H2,1-2H3,(H,15,16)(H,17,18)/t7-,9-/m0/s1. The van der Waals surface area contributed by atoms with Crippen molar-refractivity contribution in [2.24, 2.45) is 5.92 Å². The summed E-state index contributed by atoms with van der Waals surface area (Å²) < 4.78 is 13.3. The highest BCUT2D eigenvalue weighted by atomic mass is 19.1. The van der Waals surface area contributed by atoms with Crippen molar-refractivity contribution in [2.75, 3.05) is 0 Å². The molecule has 1 amide bonds. The minimum absolute atomic E-state index is 0.244. The van der Waals surface area contributed by atoms with Gasteiger partial charge in [0, 0.05) is 6.20 Å². The Kier molecular flexibility index (Phi) is 4.76. The minimum atomic E-state index is -1.14. The number of aromatic nitrogens is 1. The summed E-state index contributed by atoms with van der Waals surface area (Å²) >= 11 is 0. The number of carboxylic acids is 1. The van der Waals surface area contributed by atoms with E-state index in [0.717, 1.165) is 0 Å². The van der Waals surface area contributed by atoms with E-state index in [-0.39, 0.29) is 11.5 Å². The van der Waals surface area contributed by atoms with Crippen LogP contribution in [0.2, 0.25) is 0 Å². The lowest BCUT2D eigenvalue weighted by Gasteiger charge is -2.20. The van der Waals surface area contributed by atoms with Crippen LogP contribution in [0.25, 0.3) is 0 Å². The molecule has 6 heteroatoms. The van der Waals surface area contributed by atoms with Gasteiger partial charge >= 0.3 is 5.97 Å². The van der Waals surface area contributed by atoms with Crippen molar-refractivity contribution >= 4 is 11.9 Å². The summed E-state index contributed by atoms with van der Waals surface area (Å²) in [7, 11) is 0. The van der Waals surface area contributed by atoms with Gasteiger partial charge in [-0.3, -0.25) is 4.79 Å². The Morgan fingerprint density at radius 3 is 2.72 bits per heavy atom. The molecule has 5 nitrogen and oxygen atoms in total. The summed E-state index contributed by atoms with van der Waals surface area (Å²) in [5.41, 5.74) is -0.257. The van der Waals surface area contributed by atoms with Crippen LogP contribution in [-0.4, -0.2) is 28.0 Å². The fourth-order valence-corrected chi connectivity index (χ4v) is 1.46. The average molecular weight is 254 g/mol. The first-order valence-corrected chi connectivity index (χ1v) is 5.61. The van der Waals surface area contributed by atoms with Gasteiger partial charge in [0.15, 0.2) is 0 Å². The van der Waals surface area contributed by atoms with Crippen molar-refractivity contribution in [2.45, 2.75) is 26.3 Å². The molecule has 2 N–H and O–H groups in total. The Morgan fingerprint density at radius 1 is 1.56 bits per heavy atom. The van der Waals surface area contributed by atoms with Crippen LogP contribution in [0, 0.1) is 11.9 Å². The molecular formula is C12H15FN2O3. The van der Waals surface area contributed by atoms with E-state index in [1.807, 2.05) is 6.92 Å². The maximum atomic E-state index is 13.3. The van der Waals surface area contributed by atoms with E-state index in [1.54, 1.807) is 6.92 Å². The minimum Gasteiger partial charge on any atom is -0.480 e. The second kappa shape index (κ2) is 6.09. The third kappa shape index (κ3) is 3.26. The Hall–Kier alpha value is -1.98. The van der Waals surface area contributed by atoms with Gasteiger partial charge in [0.25, 0.3) is 5.91 Å². The van der Waals surface area contributed by atoms with Crippen molar-refractivity contribution in [3.05, 3.63) is 29.8 Å². The Labute approximate surface area is 104 Å². The van der Waals surface area contributed by atoms with Crippen LogP contribution in [0.4, 0.5) is 4.39 Å². The molecule has 0 aliphatic rings. The number of hydrogen-bond donors (Lipinski definition) is 2. The summed E-state index contributed by atoms with van der Waals surface area (Å²) in [6.45, 7) is 3.52. The lowest BCUT2D eigenvalue weighted by atomic mass is 9.99. The van der Waals surface area contributed by atoms with E-state index in [1.165, 1.54) is 18.3 Å². The molecular weight excluding hydrogens is 239 g/mol. The highest BCUT2D eigenvalue weighted by Crippen LogP contribution is 2.10. The van der Waals surface area contributed by atoms with Crippen LogP contribution in [0.1, 0.15) is 30.6 Å². The van der Waals surface area contributed by atoms with Crippen LogP contribution in [0.3, 0.4) is 0 Å². The number of carbonyl (C=O) groups excluding carboxylic acids is 1. The number of carboxylic acid groups (broad SMARTS) is 1. The average Bonchev–Trinajstić information content (AvgIpc) is 2.35. The summed E-state index contributed by atoms with van der Waals surface area (Å²) in [6, 6.07) is 1.63. The zero-order valence-electron chi connectivity index (χ0n) is 10.2. The van der Waals surface area contributed by atoms with E-state index in [0.29, 0.717) is 6.42 Å². The van der Waals surface area contributed by atoms with Gasteiger partial charge in [-0.15, -0.1) is 0 Å². The van der Waals surface area contributed by atoms with Gasteiger partial charge in [0.1, 0.15) is 6.04 Å². The highest BCUT2D eigenvalue weighted by Gasteiger charge is 2.26. The Balaban J connectivity index is 2.86. The third-order valence-corrected chi connectivity index (χ3v) is 2.77. The van der Waals surface area contributed by atoms with Crippen molar-refractivity contribution in [1.29, 1.82) is 0 Å². The van der Waals surface area contributed by atoms with E-state index in [4.69, 9.17) is 5.11 Å². The molecule has 0 unspecified atom stereocenters. The predicted molar refractivity (Wildman–Crippen MR) is 62.5 cm³/mol. The topological polar surface area (TPSA) is 79.3 Å². The molecule has 1 rings (SSSR count). The highest BCUT2D eigenvalue weighted by molar-refractivity contribution is 5.96. The first-order chi connectivity index (χ1) is 8.47. The molecule has 1 heterocycles. The lowest BCUT2D eigenvalue weighted by Crippen LogP contribution is -2.45. The maximum absolute atomic E-state index is 13.3. The molecule has 0 fully saturated rings. The molecule has 98 valence electrons. The van der Waals surface area contributed by atoms with Crippen LogP contribution in [-0.2, 0) is 4.79 Å². The Bertz CT molecular complexity index is 451. The predicted octanol–water partition coefficient (Wildman–Crippen LogP) is 1.45. The molecule has 0 radical (unpaired) electrons. The fourth-order valence-electron chi connectivity index (χ4n) is 1.46. The SMILES string of the molecule is CC[C@H](C)[C@H](NC(=O)c1cccnc1F)C(=O)O. The molecule has 0 spiro atoms. The molecule has 0 aliphatic heterocycles. The fraction of sp³-hybridized carbons (Fsp3) is 0.417. The van der Waals surface area contributed by atoms with Crippen LogP contribution < -0.4 is 5.32 Å². The molecule has 0 aliphatic carbocycles. The first-order valence-electron chi connectivity index (χ1n) is 5.61. The molecule has 2 atom stereocenters. The normalized spacial score (nSPS) is 13.7. The van der Waals surface area contributed by atoms with Gasteiger partial charge in [-0.25, -0.2) is 9.78 Å². The van der Waals surface area contributed by atoms with Gasteiger partial charge in [-0.05, 0) is 18.1 Å². The largest absolute Gasteiger partial charge is 0.480 e. The van der Waals surface area contributed by atoms with Crippen molar-refractivity contribution < 1.29 is 19.1 Å². The first kappa shape index (κ1) is 14.1. The molecule has 0 saturated heterocycles.